The summed E-state index contributed by atoms with van der Waals surface area (Å²) in [4.78, 5) is 19.5. The zero-order valence-corrected chi connectivity index (χ0v) is 12.9. The van der Waals surface area contributed by atoms with E-state index >= 15 is 0 Å². The van der Waals surface area contributed by atoms with Gasteiger partial charge in [0.2, 0.25) is 0 Å². The van der Waals surface area contributed by atoms with Crippen LogP contribution in [-0.2, 0) is 0 Å². The van der Waals surface area contributed by atoms with Gasteiger partial charge in [0.15, 0.2) is 0 Å². The molecule has 1 aromatic rings. The number of hydrogen-bond donors (Lipinski definition) is 1. The number of anilines is 1. The smallest absolute Gasteiger partial charge is 0.407 e. The van der Waals surface area contributed by atoms with Crippen LogP contribution in [0.1, 0.15) is 27.2 Å². The Hall–Kier alpha value is -1.78. The van der Waals surface area contributed by atoms with E-state index in [1.165, 1.54) is 0 Å². The van der Waals surface area contributed by atoms with Crippen molar-refractivity contribution in [2.45, 2.75) is 39.3 Å². The summed E-state index contributed by atoms with van der Waals surface area (Å²) < 4.78 is 0. The van der Waals surface area contributed by atoms with Crippen molar-refractivity contribution in [3.63, 3.8) is 0 Å². The number of hydrogen-bond acceptors (Lipinski definition) is 3. The molecule has 5 heteroatoms. The first-order valence-corrected chi connectivity index (χ1v) is 7.54. The number of pyridine rings is 1. The SMILES string of the molecule is CC(C)(C)C1C[C@H]2CN(C(=O)O)C[C@H]2N1c1cccnc1. The highest BCUT2D eigenvalue weighted by Gasteiger charge is 2.50. The van der Waals surface area contributed by atoms with Crippen LogP contribution in [0.3, 0.4) is 0 Å². The Labute approximate surface area is 125 Å². The summed E-state index contributed by atoms with van der Waals surface area (Å²) in [6, 6.07) is 4.73. The molecule has 3 atom stereocenters. The minimum absolute atomic E-state index is 0.161. The Balaban J connectivity index is 1.93. The number of carbonyl (C=O) groups is 1. The largest absolute Gasteiger partial charge is 0.465 e. The topological polar surface area (TPSA) is 56.7 Å². The van der Waals surface area contributed by atoms with Crippen molar-refractivity contribution in [3.05, 3.63) is 24.5 Å². The molecule has 3 rings (SSSR count). The number of rotatable bonds is 1. The summed E-state index contributed by atoms with van der Waals surface area (Å²) in [5.74, 6) is 0.422. The van der Waals surface area contributed by atoms with Gasteiger partial charge in [0.1, 0.15) is 0 Å². The van der Waals surface area contributed by atoms with Gasteiger partial charge in [-0.3, -0.25) is 4.98 Å². The fraction of sp³-hybridized carbons (Fsp3) is 0.625. The van der Waals surface area contributed by atoms with Crippen molar-refractivity contribution in [2.24, 2.45) is 11.3 Å². The highest BCUT2D eigenvalue weighted by atomic mass is 16.4. The third-order valence-corrected chi connectivity index (χ3v) is 4.84. The normalized spacial score (nSPS) is 28.8. The molecule has 1 N–H and O–H groups in total. The molecule has 3 heterocycles. The maximum Gasteiger partial charge on any atom is 0.407 e. The van der Waals surface area contributed by atoms with Crippen molar-refractivity contribution in [1.82, 2.24) is 9.88 Å². The summed E-state index contributed by atoms with van der Waals surface area (Å²) in [6.45, 7) is 8.04. The van der Waals surface area contributed by atoms with Crippen molar-refractivity contribution in [2.75, 3.05) is 18.0 Å². The molecule has 1 aromatic heterocycles. The first-order valence-electron chi connectivity index (χ1n) is 7.54. The fourth-order valence-corrected chi connectivity index (χ4v) is 3.84. The maximum absolute atomic E-state index is 11.2. The van der Waals surface area contributed by atoms with Crippen LogP contribution >= 0.6 is 0 Å². The lowest BCUT2D eigenvalue weighted by molar-refractivity contribution is 0.151. The molecule has 5 nitrogen and oxygen atoms in total. The van der Waals surface area contributed by atoms with Gasteiger partial charge in [-0.25, -0.2) is 4.79 Å². The molecule has 1 amide bonds. The highest BCUT2D eigenvalue weighted by Crippen LogP contribution is 2.44. The third kappa shape index (κ3) is 2.45. The number of carboxylic acid groups (broad SMARTS) is 1. The summed E-state index contributed by atoms with van der Waals surface area (Å²) in [5, 5.41) is 9.25. The number of amides is 1. The van der Waals surface area contributed by atoms with E-state index in [9.17, 15) is 9.90 Å². The molecular weight excluding hydrogens is 266 g/mol. The van der Waals surface area contributed by atoms with Crippen LogP contribution in [0.2, 0.25) is 0 Å². The summed E-state index contributed by atoms with van der Waals surface area (Å²) in [7, 11) is 0. The maximum atomic E-state index is 11.2. The van der Waals surface area contributed by atoms with Crippen LogP contribution in [0.5, 0.6) is 0 Å². The number of aromatic nitrogens is 1. The number of fused-ring (bicyclic) bond motifs is 1. The van der Waals surface area contributed by atoms with Crippen LogP contribution in [0.25, 0.3) is 0 Å². The number of likely N-dealkylation sites (tertiary alicyclic amines) is 1. The van der Waals surface area contributed by atoms with Gasteiger partial charge >= 0.3 is 6.09 Å². The van der Waals surface area contributed by atoms with E-state index in [0.29, 0.717) is 25.0 Å². The molecule has 0 radical (unpaired) electrons. The fourth-order valence-electron chi connectivity index (χ4n) is 3.84. The van der Waals surface area contributed by atoms with Gasteiger partial charge < -0.3 is 14.9 Å². The molecule has 0 saturated carbocycles. The lowest BCUT2D eigenvalue weighted by Crippen LogP contribution is -2.46. The molecule has 0 aromatic carbocycles. The van der Waals surface area contributed by atoms with Gasteiger partial charge in [-0.1, -0.05) is 20.8 Å². The van der Waals surface area contributed by atoms with Crippen LogP contribution in [0, 0.1) is 11.3 Å². The molecular formula is C16H23N3O2. The molecule has 2 saturated heterocycles. The Morgan fingerprint density at radius 3 is 2.71 bits per heavy atom. The highest BCUT2D eigenvalue weighted by molar-refractivity contribution is 5.66. The Bertz CT molecular complexity index is 526. The van der Waals surface area contributed by atoms with Gasteiger partial charge in [0.25, 0.3) is 0 Å². The van der Waals surface area contributed by atoms with Gasteiger partial charge in [-0.15, -0.1) is 0 Å². The Kier molecular flexibility index (Phi) is 3.30. The molecule has 2 aliphatic rings. The lowest BCUT2D eigenvalue weighted by atomic mass is 9.83. The van der Waals surface area contributed by atoms with E-state index in [4.69, 9.17) is 0 Å². The average molecular weight is 289 g/mol. The minimum Gasteiger partial charge on any atom is -0.465 e. The Morgan fingerprint density at radius 1 is 1.38 bits per heavy atom. The quantitative estimate of drug-likeness (QED) is 0.863. The van der Waals surface area contributed by atoms with E-state index in [1.807, 2.05) is 12.3 Å². The second-order valence-corrected chi connectivity index (χ2v) is 7.25. The van der Waals surface area contributed by atoms with E-state index in [1.54, 1.807) is 11.1 Å². The van der Waals surface area contributed by atoms with E-state index < -0.39 is 6.09 Å². The van der Waals surface area contributed by atoms with Gasteiger partial charge in [-0.05, 0) is 24.0 Å². The third-order valence-electron chi connectivity index (χ3n) is 4.84. The van der Waals surface area contributed by atoms with Gasteiger partial charge in [0.05, 0.1) is 17.9 Å². The van der Waals surface area contributed by atoms with Crippen LogP contribution in [0.4, 0.5) is 10.5 Å². The van der Waals surface area contributed by atoms with E-state index in [0.717, 1.165) is 12.1 Å². The molecule has 0 spiro atoms. The van der Waals surface area contributed by atoms with Crippen LogP contribution in [0.15, 0.2) is 24.5 Å². The summed E-state index contributed by atoms with van der Waals surface area (Å²) in [5.41, 5.74) is 1.27. The number of nitrogens with zero attached hydrogens (tertiary/aromatic N) is 3. The minimum atomic E-state index is -0.803. The molecule has 1 unspecified atom stereocenters. The van der Waals surface area contributed by atoms with Crippen LogP contribution < -0.4 is 4.90 Å². The standard InChI is InChI=1S/C16H23N3O2/c1-16(2,3)14-7-11-9-18(15(20)21)10-13(11)19(14)12-5-4-6-17-8-12/h4-6,8,11,13-14H,7,9-10H2,1-3H3,(H,20,21)/t11-,13+,14?/m0/s1. The predicted octanol–water partition coefficient (Wildman–Crippen LogP) is 2.68. The first kappa shape index (κ1) is 14.2. The van der Waals surface area contributed by atoms with Crippen molar-refractivity contribution < 1.29 is 9.90 Å². The summed E-state index contributed by atoms with van der Waals surface area (Å²) >= 11 is 0. The molecule has 0 aliphatic carbocycles. The van der Waals surface area contributed by atoms with Crippen molar-refractivity contribution >= 4 is 11.8 Å². The van der Waals surface area contributed by atoms with Crippen LogP contribution in [-0.4, -0.2) is 46.3 Å². The predicted molar refractivity (Wildman–Crippen MR) is 81.5 cm³/mol. The van der Waals surface area contributed by atoms with Gasteiger partial charge in [0, 0.05) is 31.2 Å². The van der Waals surface area contributed by atoms with Crippen molar-refractivity contribution in [3.8, 4) is 0 Å². The average Bonchev–Trinajstić information content (AvgIpc) is 2.95. The first-order chi connectivity index (χ1) is 9.88. The second kappa shape index (κ2) is 4.90. The molecule has 2 aliphatic heterocycles. The second-order valence-electron chi connectivity index (χ2n) is 7.25. The molecule has 0 bridgehead atoms. The molecule has 114 valence electrons. The molecule has 21 heavy (non-hydrogen) atoms. The van der Waals surface area contributed by atoms with Crippen molar-refractivity contribution in [1.29, 1.82) is 0 Å². The van der Waals surface area contributed by atoms with E-state index in [-0.39, 0.29) is 11.5 Å². The van der Waals surface area contributed by atoms with E-state index in [2.05, 4.69) is 36.7 Å². The zero-order chi connectivity index (χ0) is 15.2. The van der Waals surface area contributed by atoms with Gasteiger partial charge in [-0.2, -0.15) is 0 Å². The monoisotopic (exact) mass is 289 g/mol. The Morgan fingerprint density at radius 2 is 2.14 bits per heavy atom. The zero-order valence-electron chi connectivity index (χ0n) is 12.9. The summed E-state index contributed by atoms with van der Waals surface area (Å²) in [6.07, 6.45) is 3.92. The lowest BCUT2D eigenvalue weighted by Gasteiger charge is -2.39. The molecule has 2 fully saturated rings.